The largest absolute Gasteiger partial charge is 0.493 e. The SMILES string of the molecule is CC(=O)c1ccc(OCCC(=O)N(C)C)c(C)c1. The maximum absolute atomic E-state index is 11.4. The average molecular weight is 249 g/mol. The van der Waals surface area contributed by atoms with Crippen molar-refractivity contribution in [2.45, 2.75) is 20.3 Å². The van der Waals surface area contributed by atoms with E-state index in [2.05, 4.69) is 0 Å². The first-order valence-corrected chi connectivity index (χ1v) is 5.86. The first-order valence-electron chi connectivity index (χ1n) is 5.86. The van der Waals surface area contributed by atoms with Crippen molar-refractivity contribution in [1.29, 1.82) is 0 Å². The number of hydrogen-bond donors (Lipinski definition) is 0. The maximum atomic E-state index is 11.4. The van der Waals surface area contributed by atoms with E-state index in [1.165, 1.54) is 11.8 Å². The number of aryl methyl sites for hydroxylation is 1. The van der Waals surface area contributed by atoms with Gasteiger partial charge in [0.05, 0.1) is 13.0 Å². The zero-order valence-corrected chi connectivity index (χ0v) is 11.3. The van der Waals surface area contributed by atoms with Gasteiger partial charge in [0.15, 0.2) is 5.78 Å². The van der Waals surface area contributed by atoms with E-state index in [1.807, 2.05) is 6.92 Å². The van der Waals surface area contributed by atoms with E-state index in [9.17, 15) is 9.59 Å². The number of benzene rings is 1. The summed E-state index contributed by atoms with van der Waals surface area (Å²) in [6.45, 7) is 3.76. The number of carbonyl (C=O) groups is 2. The van der Waals surface area contributed by atoms with E-state index in [0.29, 0.717) is 24.3 Å². The van der Waals surface area contributed by atoms with Crippen LogP contribution in [0.3, 0.4) is 0 Å². The first-order chi connectivity index (χ1) is 8.41. The minimum absolute atomic E-state index is 0.0347. The molecule has 0 aliphatic rings. The number of ether oxygens (including phenoxy) is 1. The first kappa shape index (κ1) is 14.2. The number of carbonyl (C=O) groups excluding carboxylic acids is 2. The minimum Gasteiger partial charge on any atom is -0.493 e. The third kappa shape index (κ3) is 3.87. The van der Waals surface area contributed by atoms with Gasteiger partial charge in [0, 0.05) is 19.7 Å². The molecule has 0 unspecified atom stereocenters. The van der Waals surface area contributed by atoms with Crippen molar-refractivity contribution in [3.63, 3.8) is 0 Å². The fourth-order valence-corrected chi connectivity index (χ4v) is 1.50. The van der Waals surface area contributed by atoms with Crippen LogP contribution in [-0.4, -0.2) is 37.3 Å². The molecule has 0 saturated carbocycles. The Morgan fingerprint density at radius 2 is 1.94 bits per heavy atom. The molecule has 0 bridgehead atoms. The van der Waals surface area contributed by atoms with E-state index >= 15 is 0 Å². The summed E-state index contributed by atoms with van der Waals surface area (Å²) in [5.74, 6) is 0.784. The zero-order valence-electron chi connectivity index (χ0n) is 11.3. The van der Waals surface area contributed by atoms with Crippen LogP contribution in [-0.2, 0) is 4.79 Å². The van der Waals surface area contributed by atoms with Gasteiger partial charge < -0.3 is 9.64 Å². The van der Waals surface area contributed by atoms with Gasteiger partial charge in [-0.25, -0.2) is 0 Å². The highest BCUT2D eigenvalue weighted by Crippen LogP contribution is 2.19. The molecule has 4 heteroatoms. The molecule has 4 nitrogen and oxygen atoms in total. The topological polar surface area (TPSA) is 46.6 Å². The molecule has 0 atom stereocenters. The molecular weight excluding hydrogens is 230 g/mol. The van der Waals surface area contributed by atoms with Crippen LogP contribution in [0.1, 0.15) is 29.3 Å². The van der Waals surface area contributed by atoms with Crippen LogP contribution >= 0.6 is 0 Å². The second-order valence-electron chi connectivity index (χ2n) is 4.42. The standard InChI is InChI=1S/C14H19NO3/c1-10-9-12(11(2)16)5-6-13(10)18-8-7-14(17)15(3)4/h5-6,9H,7-8H2,1-4H3. The zero-order chi connectivity index (χ0) is 13.7. The highest BCUT2D eigenvalue weighted by Gasteiger charge is 2.07. The second-order valence-corrected chi connectivity index (χ2v) is 4.42. The van der Waals surface area contributed by atoms with Gasteiger partial charge in [-0.3, -0.25) is 9.59 Å². The van der Waals surface area contributed by atoms with Crippen LogP contribution in [0.15, 0.2) is 18.2 Å². The van der Waals surface area contributed by atoms with Crippen LogP contribution in [0.5, 0.6) is 5.75 Å². The fraction of sp³-hybridized carbons (Fsp3) is 0.429. The van der Waals surface area contributed by atoms with E-state index < -0.39 is 0 Å². The molecule has 0 saturated heterocycles. The lowest BCUT2D eigenvalue weighted by Gasteiger charge is -2.12. The van der Waals surface area contributed by atoms with Gasteiger partial charge in [0.25, 0.3) is 0 Å². The van der Waals surface area contributed by atoms with Crippen molar-refractivity contribution in [1.82, 2.24) is 4.90 Å². The van der Waals surface area contributed by atoms with Crippen LogP contribution in [0, 0.1) is 6.92 Å². The Kier molecular flexibility index (Phi) is 4.89. The van der Waals surface area contributed by atoms with E-state index in [4.69, 9.17) is 4.74 Å². The quantitative estimate of drug-likeness (QED) is 0.750. The molecule has 0 aliphatic carbocycles. The highest BCUT2D eigenvalue weighted by atomic mass is 16.5. The Morgan fingerprint density at radius 3 is 2.44 bits per heavy atom. The number of Topliss-reactive ketones (excluding diaryl/α,β-unsaturated/α-hetero) is 1. The van der Waals surface area contributed by atoms with E-state index in [-0.39, 0.29) is 11.7 Å². The third-order valence-corrected chi connectivity index (χ3v) is 2.65. The Balaban J connectivity index is 2.58. The van der Waals surface area contributed by atoms with Gasteiger partial charge in [0.2, 0.25) is 5.91 Å². The van der Waals surface area contributed by atoms with Crippen LogP contribution < -0.4 is 4.74 Å². The van der Waals surface area contributed by atoms with E-state index in [0.717, 1.165) is 5.56 Å². The molecule has 1 aromatic carbocycles. The normalized spacial score (nSPS) is 10.0. The predicted molar refractivity (Wildman–Crippen MR) is 70.0 cm³/mol. The predicted octanol–water partition coefficient (Wildman–Crippen LogP) is 2.05. The smallest absolute Gasteiger partial charge is 0.225 e. The molecule has 1 amide bonds. The molecule has 0 heterocycles. The monoisotopic (exact) mass is 249 g/mol. The summed E-state index contributed by atoms with van der Waals surface area (Å²) >= 11 is 0. The van der Waals surface area contributed by atoms with Crippen molar-refractivity contribution in [2.24, 2.45) is 0 Å². The Bertz CT molecular complexity index is 452. The molecule has 0 N–H and O–H groups in total. The number of nitrogens with zero attached hydrogens (tertiary/aromatic N) is 1. The number of rotatable bonds is 5. The summed E-state index contributed by atoms with van der Waals surface area (Å²) in [4.78, 5) is 24.1. The van der Waals surface area contributed by atoms with Crippen molar-refractivity contribution < 1.29 is 14.3 Å². The number of amides is 1. The summed E-state index contributed by atoms with van der Waals surface area (Å²) in [5, 5.41) is 0. The molecule has 0 aromatic heterocycles. The Hall–Kier alpha value is -1.84. The lowest BCUT2D eigenvalue weighted by molar-refractivity contribution is -0.129. The molecule has 0 spiro atoms. The second kappa shape index (κ2) is 6.19. The summed E-state index contributed by atoms with van der Waals surface area (Å²) < 4.78 is 5.53. The fourth-order valence-electron chi connectivity index (χ4n) is 1.50. The molecule has 0 aliphatic heterocycles. The molecular formula is C14H19NO3. The third-order valence-electron chi connectivity index (χ3n) is 2.65. The Labute approximate surface area is 108 Å². The average Bonchev–Trinajstić information content (AvgIpc) is 2.30. The van der Waals surface area contributed by atoms with E-state index in [1.54, 1.807) is 32.3 Å². The summed E-state index contributed by atoms with van der Waals surface area (Å²) in [6, 6.07) is 5.30. The number of hydrogen-bond acceptors (Lipinski definition) is 3. The molecule has 1 rings (SSSR count). The minimum atomic E-state index is 0.0347. The van der Waals surface area contributed by atoms with Gasteiger partial charge in [-0.05, 0) is 37.6 Å². The van der Waals surface area contributed by atoms with Gasteiger partial charge in [-0.1, -0.05) is 0 Å². The van der Waals surface area contributed by atoms with Gasteiger partial charge >= 0.3 is 0 Å². The van der Waals surface area contributed by atoms with Crippen molar-refractivity contribution in [2.75, 3.05) is 20.7 Å². The van der Waals surface area contributed by atoms with Gasteiger partial charge in [0.1, 0.15) is 5.75 Å². The summed E-state index contributed by atoms with van der Waals surface area (Å²) in [7, 11) is 3.43. The lowest BCUT2D eigenvalue weighted by Crippen LogP contribution is -2.23. The Morgan fingerprint density at radius 1 is 1.28 bits per heavy atom. The lowest BCUT2D eigenvalue weighted by atomic mass is 10.1. The molecule has 98 valence electrons. The molecule has 1 aromatic rings. The van der Waals surface area contributed by atoms with Gasteiger partial charge in [-0.2, -0.15) is 0 Å². The van der Waals surface area contributed by atoms with Crippen LogP contribution in [0.4, 0.5) is 0 Å². The van der Waals surface area contributed by atoms with Crippen molar-refractivity contribution in [3.8, 4) is 5.75 Å². The number of ketones is 1. The summed E-state index contributed by atoms with van der Waals surface area (Å²) in [5.41, 5.74) is 1.57. The van der Waals surface area contributed by atoms with Crippen LogP contribution in [0.25, 0.3) is 0 Å². The molecule has 0 radical (unpaired) electrons. The summed E-state index contributed by atoms with van der Waals surface area (Å²) in [6.07, 6.45) is 0.348. The molecule has 0 fully saturated rings. The van der Waals surface area contributed by atoms with Crippen molar-refractivity contribution in [3.05, 3.63) is 29.3 Å². The van der Waals surface area contributed by atoms with Crippen LogP contribution in [0.2, 0.25) is 0 Å². The van der Waals surface area contributed by atoms with Crippen molar-refractivity contribution >= 4 is 11.7 Å². The molecule has 18 heavy (non-hydrogen) atoms. The highest BCUT2D eigenvalue weighted by molar-refractivity contribution is 5.94. The van der Waals surface area contributed by atoms with Gasteiger partial charge in [-0.15, -0.1) is 0 Å². The maximum Gasteiger partial charge on any atom is 0.225 e.